The molecule has 2 heteroatoms. The summed E-state index contributed by atoms with van der Waals surface area (Å²) in [6.45, 7) is 2.17. The number of hydrogen-bond acceptors (Lipinski definition) is 2. The van der Waals surface area contributed by atoms with E-state index in [0.717, 1.165) is 6.61 Å². The van der Waals surface area contributed by atoms with Crippen molar-refractivity contribution in [2.45, 2.75) is 37.8 Å². The van der Waals surface area contributed by atoms with Gasteiger partial charge in [-0.15, -0.1) is 0 Å². The van der Waals surface area contributed by atoms with E-state index in [1.54, 1.807) is 7.11 Å². The molecule has 0 bridgehead atoms. The molecule has 74 valence electrons. The third-order valence-corrected chi connectivity index (χ3v) is 3.20. The molecule has 2 nitrogen and oxygen atoms in total. The minimum absolute atomic E-state index is 0.692. The summed E-state index contributed by atoms with van der Waals surface area (Å²) >= 11 is 0. The molecule has 0 radical (unpaired) electrons. The van der Waals surface area contributed by atoms with Crippen molar-refractivity contribution in [3.05, 3.63) is 12.2 Å². The Bertz CT molecular complexity index is 191. The van der Waals surface area contributed by atoms with Crippen LogP contribution in [0.15, 0.2) is 12.2 Å². The molecule has 1 fully saturated rings. The molecule has 2 unspecified atom stereocenters. The van der Waals surface area contributed by atoms with Crippen molar-refractivity contribution in [2.24, 2.45) is 0 Å². The monoisotopic (exact) mass is 181 g/mol. The maximum atomic E-state index is 5.20. The molecular formula is C11H19NO. The van der Waals surface area contributed by atoms with Crippen molar-refractivity contribution in [3.63, 3.8) is 0 Å². The van der Waals surface area contributed by atoms with Crippen molar-refractivity contribution >= 4 is 0 Å². The molecule has 2 atom stereocenters. The zero-order valence-electron chi connectivity index (χ0n) is 8.41. The van der Waals surface area contributed by atoms with Crippen molar-refractivity contribution < 1.29 is 4.74 Å². The molecule has 0 N–H and O–H groups in total. The summed E-state index contributed by atoms with van der Waals surface area (Å²) in [6, 6.07) is 1.40. The minimum Gasteiger partial charge on any atom is -0.383 e. The molecule has 1 aliphatic heterocycles. The molecule has 0 aromatic heterocycles. The zero-order valence-corrected chi connectivity index (χ0v) is 8.41. The van der Waals surface area contributed by atoms with E-state index in [0.29, 0.717) is 12.1 Å². The van der Waals surface area contributed by atoms with Gasteiger partial charge in [0.25, 0.3) is 0 Å². The van der Waals surface area contributed by atoms with Crippen LogP contribution in [0.4, 0.5) is 0 Å². The first kappa shape index (κ1) is 9.22. The Kier molecular flexibility index (Phi) is 3.01. The Hall–Kier alpha value is -0.340. The normalized spacial score (nSPS) is 34.5. The second-order valence-corrected chi connectivity index (χ2v) is 4.06. The fourth-order valence-corrected chi connectivity index (χ4v) is 2.34. The molecule has 1 heterocycles. The average Bonchev–Trinajstić information content (AvgIpc) is 2.14. The highest BCUT2D eigenvalue weighted by molar-refractivity contribution is 5.02. The van der Waals surface area contributed by atoms with Gasteiger partial charge in [0.15, 0.2) is 0 Å². The van der Waals surface area contributed by atoms with Gasteiger partial charge >= 0.3 is 0 Å². The first-order chi connectivity index (χ1) is 6.42. The van der Waals surface area contributed by atoms with Gasteiger partial charge in [0.2, 0.25) is 0 Å². The summed E-state index contributed by atoms with van der Waals surface area (Å²) in [6.07, 6.45) is 10.0. The van der Waals surface area contributed by atoms with Gasteiger partial charge in [0, 0.05) is 25.7 Å². The SMILES string of the molecule is COCC1CCN1C1C=CCCC1. The lowest BCUT2D eigenvalue weighted by molar-refractivity contribution is 0.00150. The highest BCUT2D eigenvalue weighted by atomic mass is 16.5. The van der Waals surface area contributed by atoms with Crippen LogP contribution in [-0.4, -0.2) is 37.2 Å². The number of allylic oxidation sites excluding steroid dienone is 1. The molecule has 0 aromatic rings. The smallest absolute Gasteiger partial charge is 0.0618 e. The summed E-state index contributed by atoms with van der Waals surface area (Å²) in [5, 5.41) is 0. The van der Waals surface area contributed by atoms with Gasteiger partial charge in [0.05, 0.1) is 6.61 Å². The molecular weight excluding hydrogens is 162 g/mol. The molecule has 2 rings (SSSR count). The van der Waals surface area contributed by atoms with Crippen molar-refractivity contribution in [1.82, 2.24) is 4.90 Å². The van der Waals surface area contributed by atoms with Gasteiger partial charge in [-0.05, 0) is 25.7 Å². The van der Waals surface area contributed by atoms with Crippen molar-refractivity contribution in [2.75, 3.05) is 20.3 Å². The van der Waals surface area contributed by atoms with E-state index in [4.69, 9.17) is 4.74 Å². The lowest BCUT2D eigenvalue weighted by Crippen LogP contribution is -2.54. The highest BCUT2D eigenvalue weighted by Crippen LogP contribution is 2.26. The van der Waals surface area contributed by atoms with Gasteiger partial charge in [-0.1, -0.05) is 12.2 Å². The van der Waals surface area contributed by atoms with Crippen molar-refractivity contribution in [1.29, 1.82) is 0 Å². The Morgan fingerprint density at radius 1 is 1.46 bits per heavy atom. The Labute approximate surface area is 80.6 Å². The Balaban J connectivity index is 1.85. The molecule has 0 saturated carbocycles. The van der Waals surface area contributed by atoms with E-state index in [-0.39, 0.29) is 0 Å². The fourth-order valence-electron chi connectivity index (χ4n) is 2.34. The predicted molar refractivity (Wildman–Crippen MR) is 53.8 cm³/mol. The van der Waals surface area contributed by atoms with Gasteiger partial charge < -0.3 is 4.74 Å². The highest BCUT2D eigenvalue weighted by Gasteiger charge is 2.32. The summed E-state index contributed by atoms with van der Waals surface area (Å²) in [5.41, 5.74) is 0. The molecule has 13 heavy (non-hydrogen) atoms. The van der Waals surface area contributed by atoms with Crippen LogP contribution < -0.4 is 0 Å². The van der Waals surface area contributed by atoms with Crippen LogP contribution in [0.5, 0.6) is 0 Å². The number of hydrogen-bond donors (Lipinski definition) is 0. The summed E-state index contributed by atoms with van der Waals surface area (Å²) in [5.74, 6) is 0. The Morgan fingerprint density at radius 3 is 2.92 bits per heavy atom. The third kappa shape index (κ3) is 1.94. The van der Waals surface area contributed by atoms with Crippen LogP contribution in [0.3, 0.4) is 0 Å². The van der Waals surface area contributed by atoms with Crippen molar-refractivity contribution in [3.8, 4) is 0 Å². The van der Waals surface area contributed by atoms with E-state index in [9.17, 15) is 0 Å². The van der Waals surface area contributed by atoms with E-state index < -0.39 is 0 Å². The molecule has 1 saturated heterocycles. The second-order valence-electron chi connectivity index (χ2n) is 4.06. The maximum Gasteiger partial charge on any atom is 0.0618 e. The quantitative estimate of drug-likeness (QED) is 0.616. The first-order valence-electron chi connectivity index (χ1n) is 5.33. The van der Waals surface area contributed by atoms with Crippen LogP contribution in [0, 0.1) is 0 Å². The van der Waals surface area contributed by atoms with Gasteiger partial charge in [-0.3, -0.25) is 4.90 Å². The van der Waals surface area contributed by atoms with Crippen LogP contribution in [-0.2, 0) is 4.74 Å². The fraction of sp³-hybridized carbons (Fsp3) is 0.818. The largest absolute Gasteiger partial charge is 0.383 e. The van der Waals surface area contributed by atoms with Crippen LogP contribution in [0.2, 0.25) is 0 Å². The number of ether oxygens (including phenoxy) is 1. The minimum atomic E-state index is 0.692. The molecule has 2 aliphatic rings. The number of likely N-dealkylation sites (tertiary alicyclic amines) is 1. The van der Waals surface area contributed by atoms with Crippen LogP contribution in [0.1, 0.15) is 25.7 Å². The second kappa shape index (κ2) is 4.25. The predicted octanol–water partition coefficient (Wildman–Crippen LogP) is 1.82. The summed E-state index contributed by atoms with van der Waals surface area (Å²) < 4.78 is 5.20. The third-order valence-electron chi connectivity index (χ3n) is 3.20. The zero-order chi connectivity index (χ0) is 9.10. The topological polar surface area (TPSA) is 12.5 Å². The van der Waals surface area contributed by atoms with Gasteiger partial charge in [-0.25, -0.2) is 0 Å². The molecule has 1 aliphatic carbocycles. The molecule has 0 amide bonds. The summed E-state index contributed by atoms with van der Waals surface area (Å²) in [4.78, 5) is 2.58. The maximum absolute atomic E-state index is 5.20. The van der Waals surface area contributed by atoms with E-state index in [1.807, 2.05) is 0 Å². The van der Waals surface area contributed by atoms with E-state index >= 15 is 0 Å². The number of nitrogens with zero attached hydrogens (tertiary/aromatic N) is 1. The van der Waals surface area contributed by atoms with E-state index in [1.165, 1.54) is 32.2 Å². The van der Waals surface area contributed by atoms with Gasteiger partial charge in [-0.2, -0.15) is 0 Å². The summed E-state index contributed by atoms with van der Waals surface area (Å²) in [7, 11) is 1.80. The average molecular weight is 181 g/mol. The standard InChI is InChI=1S/C11H19NO/c1-13-9-11-7-8-12(11)10-5-3-2-4-6-10/h3,5,10-11H,2,4,6-9H2,1H3. The van der Waals surface area contributed by atoms with Gasteiger partial charge in [0.1, 0.15) is 0 Å². The lowest BCUT2D eigenvalue weighted by Gasteiger charge is -2.45. The van der Waals surface area contributed by atoms with Crippen LogP contribution >= 0.6 is 0 Å². The number of methoxy groups -OCH3 is 1. The molecule has 0 spiro atoms. The molecule has 0 aromatic carbocycles. The lowest BCUT2D eigenvalue weighted by atomic mass is 9.94. The van der Waals surface area contributed by atoms with Crippen LogP contribution in [0.25, 0.3) is 0 Å². The number of rotatable bonds is 3. The van der Waals surface area contributed by atoms with E-state index in [2.05, 4.69) is 17.1 Å². The Morgan fingerprint density at radius 2 is 2.38 bits per heavy atom. The first-order valence-corrected chi connectivity index (χ1v) is 5.33.